The lowest BCUT2D eigenvalue weighted by Crippen LogP contribution is -2.23. The Labute approximate surface area is 191 Å². The minimum Gasteiger partial charge on any atom is -0.490 e. The lowest BCUT2D eigenvalue weighted by molar-refractivity contribution is 0.102. The average molecular weight is 450 g/mol. The van der Waals surface area contributed by atoms with Crippen molar-refractivity contribution in [2.24, 2.45) is 5.73 Å². The summed E-state index contributed by atoms with van der Waals surface area (Å²) in [6.45, 7) is 2.22. The van der Waals surface area contributed by atoms with Crippen LogP contribution in [0.15, 0.2) is 42.9 Å². The highest BCUT2D eigenvalue weighted by Crippen LogP contribution is 2.33. The number of nitrogens with two attached hydrogens (primary N) is 2. The van der Waals surface area contributed by atoms with Gasteiger partial charge in [0.1, 0.15) is 0 Å². The lowest BCUT2D eigenvalue weighted by Gasteiger charge is -2.22. The SMILES string of the molecule is CN1CCCOc2cc(ccc2OCCCN)-c2cnc(N)c(n2)C(=O)Nc2cnccc21. The number of hydrogen-bond acceptors (Lipinski definition) is 9. The van der Waals surface area contributed by atoms with Crippen LogP contribution >= 0.6 is 0 Å². The number of amides is 1. The molecular weight excluding hydrogens is 422 g/mol. The Balaban J connectivity index is 1.74. The van der Waals surface area contributed by atoms with Gasteiger partial charge in [-0.3, -0.25) is 9.78 Å². The maximum absolute atomic E-state index is 13.0. The van der Waals surface area contributed by atoms with E-state index in [4.69, 9.17) is 20.9 Å². The van der Waals surface area contributed by atoms with E-state index in [0.29, 0.717) is 49.2 Å². The molecule has 0 spiro atoms. The van der Waals surface area contributed by atoms with Gasteiger partial charge < -0.3 is 31.2 Å². The number of hydrogen-bond donors (Lipinski definition) is 3. The summed E-state index contributed by atoms with van der Waals surface area (Å²) in [5.74, 6) is 0.800. The average Bonchev–Trinajstić information content (AvgIpc) is 2.82. The van der Waals surface area contributed by atoms with Crippen molar-refractivity contribution in [3.8, 4) is 22.8 Å². The predicted molar refractivity (Wildman–Crippen MR) is 127 cm³/mol. The minimum absolute atomic E-state index is 0.0329. The summed E-state index contributed by atoms with van der Waals surface area (Å²) in [6.07, 6.45) is 6.29. The zero-order valence-corrected chi connectivity index (χ0v) is 18.5. The van der Waals surface area contributed by atoms with E-state index in [0.717, 1.165) is 24.1 Å². The maximum atomic E-state index is 13.0. The third-order valence-electron chi connectivity index (χ3n) is 5.21. The van der Waals surface area contributed by atoms with Gasteiger partial charge in [-0.25, -0.2) is 9.97 Å². The monoisotopic (exact) mass is 449 g/mol. The molecule has 0 fully saturated rings. The molecule has 3 heterocycles. The van der Waals surface area contributed by atoms with Crippen molar-refractivity contribution < 1.29 is 14.3 Å². The van der Waals surface area contributed by atoms with E-state index >= 15 is 0 Å². The molecule has 4 bridgehead atoms. The number of aromatic nitrogens is 3. The standard InChI is InChI=1S/C23H27N7O3/c1-30-9-3-11-33-20-12-15(4-5-19(20)32-10-2-7-24)16-14-27-22(25)21(28-16)23(31)29-17-13-26-8-6-18(17)30/h4-6,8,12-14H,2-3,7,9-11,24H2,1H3,(H2,25,27)(H,29,31). The summed E-state index contributed by atoms with van der Waals surface area (Å²) in [7, 11) is 1.94. The van der Waals surface area contributed by atoms with Crippen molar-refractivity contribution >= 4 is 23.1 Å². The van der Waals surface area contributed by atoms with Gasteiger partial charge in [0.15, 0.2) is 23.0 Å². The number of nitrogens with one attached hydrogen (secondary N) is 1. The third-order valence-corrected chi connectivity index (χ3v) is 5.21. The van der Waals surface area contributed by atoms with Crippen LogP contribution in [-0.2, 0) is 0 Å². The molecule has 4 rings (SSSR count). The Morgan fingerprint density at radius 1 is 1.27 bits per heavy atom. The Kier molecular flexibility index (Phi) is 6.84. The maximum Gasteiger partial charge on any atom is 0.278 e. The molecule has 0 atom stereocenters. The first-order valence-corrected chi connectivity index (χ1v) is 10.8. The normalized spacial score (nSPS) is 13.8. The van der Waals surface area contributed by atoms with Crippen LogP contribution in [0.2, 0.25) is 0 Å². The van der Waals surface area contributed by atoms with Crippen LogP contribution in [-0.4, -0.2) is 54.2 Å². The first-order chi connectivity index (χ1) is 16.1. The van der Waals surface area contributed by atoms with Crippen LogP contribution in [0.1, 0.15) is 23.3 Å². The number of anilines is 3. The molecule has 1 aliphatic heterocycles. The van der Waals surface area contributed by atoms with Gasteiger partial charge in [0, 0.05) is 25.4 Å². The van der Waals surface area contributed by atoms with Gasteiger partial charge in [0.05, 0.1) is 42.7 Å². The van der Waals surface area contributed by atoms with Gasteiger partial charge in [-0.05, 0) is 43.7 Å². The fourth-order valence-corrected chi connectivity index (χ4v) is 3.47. The van der Waals surface area contributed by atoms with Gasteiger partial charge >= 0.3 is 0 Å². The largest absolute Gasteiger partial charge is 0.490 e. The molecule has 3 aromatic rings. The Morgan fingerprint density at radius 2 is 2.15 bits per heavy atom. The quantitative estimate of drug-likeness (QED) is 0.512. The molecule has 1 amide bonds. The summed E-state index contributed by atoms with van der Waals surface area (Å²) >= 11 is 0. The zero-order chi connectivity index (χ0) is 23.2. The molecule has 5 N–H and O–H groups in total. The van der Waals surface area contributed by atoms with Crippen LogP contribution in [0.25, 0.3) is 11.3 Å². The Morgan fingerprint density at radius 3 is 3.00 bits per heavy atom. The number of rotatable bonds is 4. The third kappa shape index (κ3) is 5.12. The molecule has 2 aromatic heterocycles. The van der Waals surface area contributed by atoms with Crippen molar-refractivity contribution in [2.75, 3.05) is 49.3 Å². The molecular formula is C23H27N7O3. The second-order valence-electron chi connectivity index (χ2n) is 7.61. The number of nitrogen functional groups attached to an aromatic ring is 1. The molecule has 0 aliphatic carbocycles. The fourth-order valence-electron chi connectivity index (χ4n) is 3.47. The number of carbonyl (C=O) groups is 1. The summed E-state index contributed by atoms with van der Waals surface area (Å²) in [5, 5.41) is 2.87. The predicted octanol–water partition coefficient (Wildman–Crippen LogP) is 2.32. The summed E-state index contributed by atoms with van der Waals surface area (Å²) in [6, 6.07) is 7.34. The molecule has 0 saturated carbocycles. The highest BCUT2D eigenvalue weighted by atomic mass is 16.5. The first kappa shape index (κ1) is 22.3. The van der Waals surface area contributed by atoms with Crippen LogP contribution in [0.3, 0.4) is 0 Å². The lowest BCUT2D eigenvalue weighted by atomic mass is 10.1. The molecule has 10 nitrogen and oxygen atoms in total. The van der Waals surface area contributed by atoms with Crippen molar-refractivity contribution in [3.05, 3.63) is 48.5 Å². The van der Waals surface area contributed by atoms with E-state index < -0.39 is 5.91 Å². The van der Waals surface area contributed by atoms with Gasteiger partial charge in [-0.15, -0.1) is 0 Å². The molecule has 1 aromatic carbocycles. The van der Waals surface area contributed by atoms with Gasteiger partial charge in [0.25, 0.3) is 5.91 Å². The van der Waals surface area contributed by atoms with Crippen LogP contribution in [0.5, 0.6) is 11.5 Å². The molecule has 172 valence electrons. The minimum atomic E-state index is -0.461. The van der Waals surface area contributed by atoms with E-state index in [1.807, 2.05) is 36.2 Å². The second-order valence-corrected chi connectivity index (χ2v) is 7.61. The van der Waals surface area contributed by atoms with Crippen LogP contribution in [0.4, 0.5) is 17.2 Å². The Hall–Kier alpha value is -3.92. The van der Waals surface area contributed by atoms with Crippen molar-refractivity contribution in [2.45, 2.75) is 12.8 Å². The van der Waals surface area contributed by atoms with Crippen molar-refractivity contribution in [1.29, 1.82) is 0 Å². The summed E-state index contributed by atoms with van der Waals surface area (Å²) in [5.41, 5.74) is 14.2. The first-order valence-electron chi connectivity index (χ1n) is 10.8. The van der Waals surface area contributed by atoms with E-state index in [1.54, 1.807) is 12.4 Å². The molecule has 33 heavy (non-hydrogen) atoms. The van der Waals surface area contributed by atoms with E-state index in [2.05, 4.69) is 20.3 Å². The molecule has 1 aliphatic rings. The van der Waals surface area contributed by atoms with E-state index in [1.165, 1.54) is 6.20 Å². The van der Waals surface area contributed by atoms with E-state index in [9.17, 15) is 4.79 Å². The topological polar surface area (TPSA) is 142 Å². The zero-order valence-electron chi connectivity index (χ0n) is 18.5. The van der Waals surface area contributed by atoms with E-state index in [-0.39, 0.29) is 11.5 Å². The smallest absolute Gasteiger partial charge is 0.278 e. The summed E-state index contributed by atoms with van der Waals surface area (Å²) in [4.78, 5) is 27.9. The number of nitrogens with zero attached hydrogens (tertiary/aromatic N) is 4. The number of pyridine rings is 1. The fraction of sp³-hybridized carbons (Fsp3) is 0.304. The molecule has 0 unspecified atom stereocenters. The van der Waals surface area contributed by atoms with Crippen LogP contribution < -0.4 is 31.2 Å². The number of benzene rings is 1. The van der Waals surface area contributed by atoms with Gasteiger partial charge in [0.2, 0.25) is 0 Å². The Bertz CT molecular complexity index is 1140. The number of fused-ring (bicyclic) bond motifs is 6. The second kappa shape index (κ2) is 10.1. The molecule has 0 saturated heterocycles. The number of carbonyl (C=O) groups excluding carboxylic acids is 1. The van der Waals surface area contributed by atoms with Crippen molar-refractivity contribution in [3.63, 3.8) is 0 Å². The highest BCUT2D eigenvalue weighted by molar-refractivity contribution is 6.07. The highest BCUT2D eigenvalue weighted by Gasteiger charge is 2.19. The number of ether oxygens (including phenoxy) is 2. The van der Waals surface area contributed by atoms with Crippen molar-refractivity contribution in [1.82, 2.24) is 15.0 Å². The molecule has 0 radical (unpaired) electrons. The molecule has 10 heteroatoms. The van der Waals surface area contributed by atoms with Gasteiger partial charge in [-0.1, -0.05) is 0 Å². The van der Waals surface area contributed by atoms with Gasteiger partial charge in [-0.2, -0.15) is 0 Å². The summed E-state index contributed by atoms with van der Waals surface area (Å²) < 4.78 is 11.9. The van der Waals surface area contributed by atoms with Crippen LogP contribution in [0, 0.1) is 0 Å².